The molecule has 0 atom stereocenters. The summed E-state index contributed by atoms with van der Waals surface area (Å²) < 4.78 is 0. The molecule has 0 heterocycles. The van der Waals surface area contributed by atoms with Gasteiger partial charge in [-0.3, -0.25) is 0 Å². The third-order valence-corrected chi connectivity index (χ3v) is 3.53. The van der Waals surface area contributed by atoms with Crippen molar-refractivity contribution in [2.75, 3.05) is 11.2 Å². The van der Waals surface area contributed by atoms with Crippen LogP contribution < -0.4 is 5.32 Å². The molecule has 0 saturated heterocycles. The second kappa shape index (κ2) is 6.20. The van der Waals surface area contributed by atoms with E-state index in [4.69, 9.17) is 23.2 Å². The minimum Gasteiger partial charge on any atom is -0.376 e. The number of thioether (sulfide) groups is 1. The van der Waals surface area contributed by atoms with Gasteiger partial charge >= 0.3 is 0 Å². The Hall–Kier alpha value is -0.830. The molecule has 0 spiro atoms. The highest BCUT2D eigenvalue weighted by Crippen LogP contribution is 2.21. The van der Waals surface area contributed by atoms with Gasteiger partial charge in [-0.15, -0.1) is 11.8 Å². The van der Waals surface area contributed by atoms with E-state index in [1.54, 1.807) is 11.8 Å². The fourth-order valence-electron chi connectivity index (χ4n) is 1.33. The molecular weight excluding hydrogens is 273 g/mol. The lowest BCUT2D eigenvalue weighted by Gasteiger charge is -2.06. The number of anilines is 1. The SMILES string of the molecule is Clc1ccc(SCNc2cccc(Cl)c2)cc1. The van der Waals surface area contributed by atoms with Gasteiger partial charge < -0.3 is 5.32 Å². The highest BCUT2D eigenvalue weighted by atomic mass is 35.5. The van der Waals surface area contributed by atoms with Crippen molar-refractivity contribution in [3.8, 4) is 0 Å². The maximum Gasteiger partial charge on any atom is 0.0657 e. The molecule has 0 aromatic heterocycles. The van der Waals surface area contributed by atoms with Crippen molar-refractivity contribution < 1.29 is 0 Å². The van der Waals surface area contributed by atoms with Gasteiger partial charge in [0.2, 0.25) is 0 Å². The average Bonchev–Trinajstić information content (AvgIpc) is 2.32. The minimum atomic E-state index is 0.742. The first-order valence-electron chi connectivity index (χ1n) is 5.12. The molecule has 4 heteroatoms. The summed E-state index contributed by atoms with van der Waals surface area (Å²) in [6, 6.07) is 15.5. The molecule has 0 amide bonds. The molecule has 1 N–H and O–H groups in total. The fourth-order valence-corrected chi connectivity index (χ4v) is 2.38. The number of rotatable bonds is 4. The van der Waals surface area contributed by atoms with E-state index in [9.17, 15) is 0 Å². The van der Waals surface area contributed by atoms with E-state index in [-0.39, 0.29) is 0 Å². The Morgan fingerprint density at radius 2 is 1.71 bits per heavy atom. The van der Waals surface area contributed by atoms with Crippen LogP contribution in [0.15, 0.2) is 53.4 Å². The van der Waals surface area contributed by atoms with Crippen molar-refractivity contribution in [3.05, 3.63) is 58.6 Å². The van der Waals surface area contributed by atoms with E-state index >= 15 is 0 Å². The molecule has 0 radical (unpaired) electrons. The molecule has 0 bridgehead atoms. The first-order chi connectivity index (χ1) is 8.24. The first kappa shape index (κ1) is 12.6. The largest absolute Gasteiger partial charge is 0.376 e. The summed E-state index contributed by atoms with van der Waals surface area (Å²) in [5.74, 6) is 0.794. The Labute approximate surface area is 115 Å². The molecule has 0 unspecified atom stereocenters. The summed E-state index contributed by atoms with van der Waals surface area (Å²) in [7, 11) is 0. The number of hydrogen-bond acceptors (Lipinski definition) is 2. The molecule has 17 heavy (non-hydrogen) atoms. The van der Waals surface area contributed by atoms with Crippen LogP contribution in [0.3, 0.4) is 0 Å². The predicted octanol–water partition coefficient (Wildman–Crippen LogP) is 5.16. The lowest BCUT2D eigenvalue weighted by atomic mass is 10.3. The standard InChI is InChI=1S/C13H11Cl2NS/c14-10-4-6-13(7-5-10)17-9-16-12-3-1-2-11(15)8-12/h1-8,16H,9H2. The maximum atomic E-state index is 5.90. The van der Waals surface area contributed by atoms with E-state index in [2.05, 4.69) is 5.32 Å². The third kappa shape index (κ3) is 4.15. The highest BCUT2D eigenvalue weighted by molar-refractivity contribution is 7.99. The van der Waals surface area contributed by atoms with Crippen molar-refractivity contribution in [1.82, 2.24) is 0 Å². The summed E-state index contributed by atoms with van der Waals surface area (Å²) in [5, 5.41) is 4.80. The van der Waals surface area contributed by atoms with Crippen LogP contribution in [0, 0.1) is 0 Å². The Morgan fingerprint density at radius 1 is 0.941 bits per heavy atom. The average molecular weight is 284 g/mol. The normalized spacial score (nSPS) is 10.2. The Bertz CT molecular complexity index is 485. The van der Waals surface area contributed by atoms with Crippen LogP contribution in [0.4, 0.5) is 5.69 Å². The van der Waals surface area contributed by atoms with Crippen molar-refractivity contribution in [2.24, 2.45) is 0 Å². The van der Waals surface area contributed by atoms with Gasteiger partial charge in [-0.25, -0.2) is 0 Å². The number of halogens is 2. The molecule has 0 aliphatic carbocycles. The molecule has 2 rings (SSSR count). The maximum absolute atomic E-state index is 5.90. The molecule has 2 aromatic carbocycles. The Balaban J connectivity index is 1.85. The smallest absolute Gasteiger partial charge is 0.0657 e. The summed E-state index contributed by atoms with van der Waals surface area (Å²) >= 11 is 13.4. The molecule has 0 aliphatic heterocycles. The molecule has 1 nitrogen and oxygen atoms in total. The predicted molar refractivity (Wildman–Crippen MR) is 77.3 cm³/mol. The molecule has 88 valence electrons. The van der Waals surface area contributed by atoms with Crippen LogP contribution in [0.2, 0.25) is 10.0 Å². The van der Waals surface area contributed by atoms with Gasteiger partial charge in [0, 0.05) is 20.6 Å². The van der Waals surface area contributed by atoms with Crippen molar-refractivity contribution in [2.45, 2.75) is 4.90 Å². The van der Waals surface area contributed by atoms with Gasteiger partial charge in [-0.05, 0) is 42.5 Å². The van der Waals surface area contributed by atoms with Crippen molar-refractivity contribution in [3.63, 3.8) is 0 Å². The van der Waals surface area contributed by atoms with Gasteiger partial charge in [-0.2, -0.15) is 0 Å². The van der Waals surface area contributed by atoms with Gasteiger partial charge in [0.05, 0.1) is 5.88 Å². The molecule has 2 aromatic rings. The van der Waals surface area contributed by atoms with Crippen molar-refractivity contribution in [1.29, 1.82) is 0 Å². The number of nitrogens with one attached hydrogen (secondary N) is 1. The lowest BCUT2D eigenvalue weighted by Crippen LogP contribution is -1.96. The first-order valence-corrected chi connectivity index (χ1v) is 6.86. The van der Waals surface area contributed by atoms with Gasteiger partial charge in [0.1, 0.15) is 0 Å². The topological polar surface area (TPSA) is 12.0 Å². The van der Waals surface area contributed by atoms with Gasteiger partial charge in [-0.1, -0.05) is 29.3 Å². The van der Waals surface area contributed by atoms with Crippen LogP contribution in [-0.2, 0) is 0 Å². The number of benzene rings is 2. The zero-order chi connectivity index (χ0) is 12.1. The van der Waals surface area contributed by atoms with E-state index in [1.807, 2.05) is 48.5 Å². The van der Waals surface area contributed by atoms with E-state index in [1.165, 1.54) is 4.90 Å². The second-order valence-electron chi connectivity index (χ2n) is 3.43. The van der Waals surface area contributed by atoms with E-state index in [0.29, 0.717) is 0 Å². The minimum absolute atomic E-state index is 0.742. The zero-order valence-electron chi connectivity index (χ0n) is 8.99. The van der Waals surface area contributed by atoms with Gasteiger partial charge in [0.15, 0.2) is 0 Å². The van der Waals surface area contributed by atoms with Crippen LogP contribution in [0.25, 0.3) is 0 Å². The molecule has 0 aliphatic rings. The van der Waals surface area contributed by atoms with E-state index in [0.717, 1.165) is 21.6 Å². The molecule has 0 saturated carbocycles. The van der Waals surface area contributed by atoms with Crippen LogP contribution in [-0.4, -0.2) is 5.88 Å². The highest BCUT2D eigenvalue weighted by Gasteiger charge is 1.95. The Morgan fingerprint density at radius 3 is 2.41 bits per heavy atom. The Kier molecular flexibility index (Phi) is 4.60. The van der Waals surface area contributed by atoms with Crippen molar-refractivity contribution >= 4 is 40.7 Å². The zero-order valence-corrected chi connectivity index (χ0v) is 11.3. The number of hydrogen-bond donors (Lipinski definition) is 1. The molecular formula is C13H11Cl2NS. The third-order valence-electron chi connectivity index (χ3n) is 2.15. The van der Waals surface area contributed by atoms with Crippen LogP contribution in [0.5, 0.6) is 0 Å². The van der Waals surface area contributed by atoms with E-state index < -0.39 is 0 Å². The summed E-state index contributed by atoms with van der Waals surface area (Å²) in [6.45, 7) is 0. The fraction of sp³-hybridized carbons (Fsp3) is 0.0769. The summed E-state index contributed by atoms with van der Waals surface area (Å²) in [4.78, 5) is 1.18. The monoisotopic (exact) mass is 283 g/mol. The summed E-state index contributed by atoms with van der Waals surface area (Å²) in [5.41, 5.74) is 1.03. The van der Waals surface area contributed by atoms with Crippen LogP contribution >= 0.6 is 35.0 Å². The van der Waals surface area contributed by atoms with Crippen LogP contribution in [0.1, 0.15) is 0 Å². The van der Waals surface area contributed by atoms with Gasteiger partial charge in [0.25, 0.3) is 0 Å². The summed E-state index contributed by atoms with van der Waals surface area (Å²) in [6.07, 6.45) is 0. The molecule has 0 fully saturated rings. The quantitative estimate of drug-likeness (QED) is 0.615. The second-order valence-corrected chi connectivity index (χ2v) is 5.35. The lowest BCUT2D eigenvalue weighted by molar-refractivity contribution is 1.41.